The summed E-state index contributed by atoms with van der Waals surface area (Å²) in [5.41, 5.74) is 0.433. The molecule has 136 valence electrons. The molecule has 1 fully saturated rings. The fraction of sp³-hybridized carbons (Fsp3) is 0.467. The highest BCUT2D eigenvalue weighted by molar-refractivity contribution is 5.98. The van der Waals surface area contributed by atoms with E-state index in [1.54, 1.807) is 0 Å². The Hall–Kier alpha value is -2.36. The van der Waals surface area contributed by atoms with E-state index in [1.807, 2.05) is 5.32 Å². The zero-order valence-corrected chi connectivity index (χ0v) is 12.7. The topological polar surface area (TPSA) is 87.7 Å². The zero-order valence-electron chi connectivity index (χ0n) is 12.7. The SMILES string of the molecule is O=C(N[C@@H]1C[C@H]1NC(=O)C(O)C(F)(F)F)c1c(F)ccc2c1OCC2. The molecule has 0 bridgehead atoms. The highest BCUT2D eigenvalue weighted by Gasteiger charge is 2.47. The van der Waals surface area contributed by atoms with E-state index in [1.165, 1.54) is 6.07 Å². The number of amides is 2. The molecule has 0 radical (unpaired) electrons. The van der Waals surface area contributed by atoms with E-state index >= 15 is 0 Å². The van der Waals surface area contributed by atoms with Gasteiger partial charge in [0.05, 0.1) is 18.7 Å². The van der Waals surface area contributed by atoms with Crippen molar-refractivity contribution >= 4 is 11.8 Å². The third-order valence-corrected chi connectivity index (χ3v) is 4.03. The van der Waals surface area contributed by atoms with Crippen LogP contribution < -0.4 is 15.4 Å². The van der Waals surface area contributed by atoms with E-state index < -0.39 is 42.0 Å². The van der Waals surface area contributed by atoms with Crippen molar-refractivity contribution < 1.29 is 37.0 Å². The van der Waals surface area contributed by atoms with E-state index in [2.05, 4.69) is 5.32 Å². The number of nitrogens with one attached hydrogen (secondary N) is 2. The molecule has 1 aliphatic carbocycles. The number of ether oxygens (including phenoxy) is 1. The monoisotopic (exact) mass is 362 g/mol. The minimum absolute atomic E-state index is 0.159. The Morgan fingerprint density at radius 1 is 1.24 bits per heavy atom. The summed E-state index contributed by atoms with van der Waals surface area (Å²) in [4.78, 5) is 23.5. The first-order valence-electron chi connectivity index (χ1n) is 7.48. The van der Waals surface area contributed by atoms with Crippen LogP contribution in [0.4, 0.5) is 17.6 Å². The molecule has 0 spiro atoms. The van der Waals surface area contributed by atoms with Gasteiger partial charge in [0.25, 0.3) is 11.8 Å². The largest absolute Gasteiger partial charge is 0.492 e. The van der Waals surface area contributed by atoms with Crippen molar-refractivity contribution in [2.24, 2.45) is 0 Å². The highest BCUT2D eigenvalue weighted by atomic mass is 19.4. The third kappa shape index (κ3) is 3.53. The molecule has 10 heteroatoms. The molecule has 0 saturated heterocycles. The predicted octanol–water partition coefficient (Wildman–Crippen LogP) is 0.671. The van der Waals surface area contributed by atoms with Crippen molar-refractivity contribution in [3.05, 3.63) is 29.1 Å². The van der Waals surface area contributed by atoms with Gasteiger partial charge in [-0.1, -0.05) is 6.07 Å². The van der Waals surface area contributed by atoms with Crippen LogP contribution in [-0.2, 0) is 11.2 Å². The van der Waals surface area contributed by atoms with Crippen molar-refractivity contribution in [3.63, 3.8) is 0 Å². The van der Waals surface area contributed by atoms with E-state index in [9.17, 15) is 27.2 Å². The summed E-state index contributed by atoms with van der Waals surface area (Å²) >= 11 is 0. The molecule has 1 aliphatic heterocycles. The van der Waals surface area contributed by atoms with Gasteiger partial charge in [-0.2, -0.15) is 13.2 Å². The molecular weight excluding hydrogens is 348 g/mol. The summed E-state index contributed by atoms with van der Waals surface area (Å²) in [6.07, 6.45) is -7.47. The average molecular weight is 362 g/mol. The number of benzene rings is 1. The summed E-state index contributed by atoms with van der Waals surface area (Å²) in [6, 6.07) is 1.27. The average Bonchev–Trinajstić information content (AvgIpc) is 3.06. The number of carbonyl (C=O) groups excluding carboxylic acids is 2. The van der Waals surface area contributed by atoms with Gasteiger partial charge in [-0.05, 0) is 18.1 Å². The lowest BCUT2D eigenvalue weighted by Crippen LogP contribution is -2.46. The third-order valence-electron chi connectivity index (χ3n) is 4.03. The number of hydrogen-bond donors (Lipinski definition) is 3. The number of rotatable bonds is 4. The summed E-state index contributed by atoms with van der Waals surface area (Å²) in [5.74, 6) is -2.98. The fourth-order valence-electron chi connectivity index (χ4n) is 2.60. The molecule has 3 rings (SSSR count). The van der Waals surface area contributed by atoms with Crippen molar-refractivity contribution in [1.29, 1.82) is 0 Å². The zero-order chi connectivity index (χ0) is 18.4. The van der Waals surface area contributed by atoms with Gasteiger partial charge in [0, 0.05) is 6.42 Å². The predicted molar refractivity (Wildman–Crippen MR) is 75.5 cm³/mol. The van der Waals surface area contributed by atoms with Crippen LogP contribution in [0.1, 0.15) is 22.3 Å². The number of aliphatic hydroxyl groups is 1. The number of aliphatic hydroxyl groups excluding tert-OH is 1. The molecule has 1 aromatic rings. The van der Waals surface area contributed by atoms with E-state index in [0.717, 1.165) is 6.07 Å². The van der Waals surface area contributed by atoms with E-state index in [0.29, 0.717) is 18.6 Å². The molecule has 1 aromatic carbocycles. The number of hydrogen-bond acceptors (Lipinski definition) is 4. The summed E-state index contributed by atoms with van der Waals surface area (Å²) in [6.45, 7) is 0.330. The number of halogens is 4. The second-order valence-corrected chi connectivity index (χ2v) is 5.88. The summed E-state index contributed by atoms with van der Waals surface area (Å²) in [5, 5.41) is 13.3. The Labute approximate surface area is 139 Å². The molecule has 25 heavy (non-hydrogen) atoms. The normalized spacial score (nSPS) is 22.6. The second-order valence-electron chi connectivity index (χ2n) is 5.88. The first-order valence-corrected chi connectivity index (χ1v) is 7.48. The summed E-state index contributed by atoms with van der Waals surface area (Å²) in [7, 11) is 0. The molecule has 3 N–H and O–H groups in total. The van der Waals surface area contributed by atoms with Gasteiger partial charge >= 0.3 is 6.18 Å². The van der Waals surface area contributed by atoms with Gasteiger partial charge < -0.3 is 20.5 Å². The maximum absolute atomic E-state index is 13.9. The Morgan fingerprint density at radius 2 is 1.92 bits per heavy atom. The number of alkyl halides is 3. The van der Waals surface area contributed by atoms with Crippen molar-refractivity contribution in [1.82, 2.24) is 10.6 Å². The maximum Gasteiger partial charge on any atom is 0.423 e. The lowest BCUT2D eigenvalue weighted by atomic mass is 10.1. The quantitative estimate of drug-likeness (QED) is 0.687. The molecule has 0 aromatic heterocycles. The molecule has 1 saturated carbocycles. The standard InChI is InChI=1S/C15H14F4N2O4/c16-7-2-1-6-3-4-25-11(6)10(7)13(23)20-8-5-9(8)21-14(24)12(22)15(17,18)19/h1-2,8-9,12,22H,3-5H2,(H,20,23)(H,21,24)/t8-,9-,12?/m1/s1. The van der Waals surface area contributed by atoms with Crippen molar-refractivity contribution in [3.8, 4) is 5.75 Å². The second kappa shape index (κ2) is 6.17. The molecule has 2 aliphatic rings. The molecule has 3 atom stereocenters. The first kappa shape index (κ1) is 17.5. The molecule has 1 heterocycles. The fourth-order valence-corrected chi connectivity index (χ4v) is 2.60. The van der Waals surface area contributed by atoms with Crippen LogP contribution in [0.15, 0.2) is 12.1 Å². The minimum Gasteiger partial charge on any atom is -0.492 e. The molecule has 2 amide bonds. The lowest BCUT2D eigenvalue weighted by Gasteiger charge is -2.14. The summed E-state index contributed by atoms with van der Waals surface area (Å²) < 4.78 is 55.9. The lowest BCUT2D eigenvalue weighted by molar-refractivity contribution is -0.205. The minimum atomic E-state index is -5.07. The van der Waals surface area contributed by atoms with Gasteiger partial charge in [-0.25, -0.2) is 4.39 Å². The van der Waals surface area contributed by atoms with Gasteiger partial charge in [-0.15, -0.1) is 0 Å². The van der Waals surface area contributed by atoms with Crippen LogP contribution in [0, 0.1) is 5.82 Å². The Balaban J connectivity index is 1.60. The van der Waals surface area contributed by atoms with Crippen LogP contribution in [0.3, 0.4) is 0 Å². The van der Waals surface area contributed by atoms with Gasteiger partial charge in [0.2, 0.25) is 6.10 Å². The Kier molecular flexibility index (Phi) is 4.31. The van der Waals surface area contributed by atoms with E-state index in [4.69, 9.17) is 9.84 Å². The highest BCUT2D eigenvalue weighted by Crippen LogP contribution is 2.32. The van der Waals surface area contributed by atoms with Crippen LogP contribution in [0.5, 0.6) is 5.75 Å². The van der Waals surface area contributed by atoms with Crippen molar-refractivity contribution in [2.75, 3.05) is 6.61 Å². The smallest absolute Gasteiger partial charge is 0.423 e. The van der Waals surface area contributed by atoms with Crippen LogP contribution in [0.25, 0.3) is 0 Å². The molecule has 1 unspecified atom stereocenters. The van der Waals surface area contributed by atoms with Gasteiger partial charge in [0.1, 0.15) is 17.1 Å². The molecular formula is C15H14F4N2O4. The van der Waals surface area contributed by atoms with E-state index in [-0.39, 0.29) is 17.7 Å². The van der Waals surface area contributed by atoms with Gasteiger partial charge in [-0.3, -0.25) is 9.59 Å². The maximum atomic E-state index is 13.9. The Morgan fingerprint density at radius 3 is 2.60 bits per heavy atom. The van der Waals surface area contributed by atoms with Crippen molar-refractivity contribution in [2.45, 2.75) is 37.2 Å². The number of carbonyl (C=O) groups is 2. The number of fused-ring (bicyclic) bond motifs is 1. The van der Waals surface area contributed by atoms with Crippen LogP contribution >= 0.6 is 0 Å². The van der Waals surface area contributed by atoms with Crippen LogP contribution in [-0.4, -0.2) is 47.9 Å². The molecule has 6 nitrogen and oxygen atoms in total. The first-order chi connectivity index (χ1) is 11.7. The Bertz CT molecular complexity index is 722. The van der Waals surface area contributed by atoms with Gasteiger partial charge in [0.15, 0.2) is 0 Å². The van der Waals surface area contributed by atoms with Crippen LogP contribution in [0.2, 0.25) is 0 Å².